The minimum atomic E-state index is -0.984. The maximum Gasteiger partial charge on any atom is 0.325 e. The summed E-state index contributed by atoms with van der Waals surface area (Å²) in [7, 11) is 0. The molecular weight excluding hydrogens is 678 g/mol. The summed E-state index contributed by atoms with van der Waals surface area (Å²) in [6.45, 7) is 1.15. The number of aromatic amines is 1. The van der Waals surface area contributed by atoms with Gasteiger partial charge in [-0.25, -0.2) is 14.2 Å². The molecule has 1 aliphatic rings. The average Bonchev–Trinajstić information content (AvgIpc) is 3.51. The van der Waals surface area contributed by atoms with E-state index in [4.69, 9.17) is 16.3 Å². The summed E-state index contributed by atoms with van der Waals surface area (Å²) in [6, 6.07) is 18.0. The fraction of sp³-hybridized carbons (Fsp3) is 0.233. The number of nitrogens with zero attached hydrogens (tertiary/aromatic N) is 2. The number of imidazole rings is 1. The van der Waals surface area contributed by atoms with Crippen LogP contribution in [0.1, 0.15) is 41.9 Å². The van der Waals surface area contributed by atoms with Crippen molar-refractivity contribution in [2.45, 2.75) is 31.0 Å². The van der Waals surface area contributed by atoms with E-state index in [1.54, 1.807) is 36.4 Å². The summed E-state index contributed by atoms with van der Waals surface area (Å²) >= 11 is 8.54. The molecule has 2 heterocycles. The van der Waals surface area contributed by atoms with Crippen molar-refractivity contribution in [1.82, 2.24) is 20.2 Å². The number of imide groups is 1. The van der Waals surface area contributed by atoms with Gasteiger partial charge in [0.1, 0.15) is 46.4 Å². The molecule has 42 heavy (non-hydrogen) atoms. The highest BCUT2D eigenvalue weighted by Gasteiger charge is 2.46. The van der Waals surface area contributed by atoms with Gasteiger partial charge in [0.25, 0.3) is 5.91 Å². The van der Waals surface area contributed by atoms with Crippen molar-refractivity contribution in [3.63, 3.8) is 0 Å². The third-order valence-electron chi connectivity index (χ3n) is 7.12. The number of aliphatic hydroxyl groups excluding tert-OH is 2. The third-order valence-corrected chi connectivity index (χ3v) is 8.06. The summed E-state index contributed by atoms with van der Waals surface area (Å²) in [6.07, 6.45) is -0.780. The molecule has 5 rings (SSSR count). The Balaban J connectivity index is 1.51. The topological polar surface area (TPSA) is 128 Å². The highest BCUT2D eigenvalue weighted by Crippen LogP contribution is 2.41. The lowest BCUT2D eigenvalue weighted by Crippen LogP contribution is -2.38. The van der Waals surface area contributed by atoms with E-state index in [0.717, 1.165) is 10.5 Å². The fourth-order valence-electron chi connectivity index (χ4n) is 4.94. The molecule has 0 saturated carbocycles. The molecule has 3 aromatic carbocycles. The average molecular weight is 705 g/mol. The lowest BCUT2D eigenvalue weighted by molar-refractivity contribution is -0.129. The summed E-state index contributed by atoms with van der Waals surface area (Å²) < 4.78 is 21.1. The van der Waals surface area contributed by atoms with Gasteiger partial charge in [0.15, 0.2) is 0 Å². The first-order valence-corrected chi connectivity index (χ1v) is 14.5. The van der Waals surface area contributed by atoms with Gasteiger partial charge in [-0.05, 0) is 64.0 Å². The minimum Gasteiger partial charge on any atom is -0.486 e. The van der Waals surface area contributed by atoms with Gasteiger partial charge in [0.05, 0.1) is 13.2 Å². The predicted octanol–water partition coefficient (Wildman–Crippen LogP) is 5.34. The first kappa shape index (κ1) is 30.0. The zero-order valence-electron chi connectivity index (χ0n) is 22.3. The number of benzene rings is 3. The van der Waals surface area contributed by atoms with E-state index in [2.05, 4.69) is 15.3 Å². The second-order valence-corrected chi connectivity index (χ2v) is 11.4. The van der Waals surface area contributed by atoms with Crippen LogP contribution < -0.4 is 10.1 Å². The largest absolute Gasteiger partial charge is 0.486 e. The standard InChI is InChI=1S/C30H27ClFIN4O5/c1-16(17-5-3-2-4-6-17)26(28-34-25(27(31)36-28)22-12-9-19(33)13-23(22)32)37-29(40)24(35-30(37)41)18-7-10-20(11-8-18)42-21(14-38)15-39/h2-13,16,21,24,26,38-39H,14-15H2,1H3,(H,34,36)(H,35,41)/t16-,24-,26+/m1/s1. The van der Waals surface area contributed by atoms with E-state index in [9.17, 15) is 24.2 Å². The zero-order chi connectivity index (χ0) is 30.0. The van der Waals surface area contributed by atoms with Crippen molar-refractivity contribution >= 4 is 46.1 Å². The molecule has 1 aromatic heterocycles. The van der Waals surface area contributed by atoms with Crippen molar-refractivity contribution in [3.05, 3.63) is 104 Å². The lowest BCUT2D eigenvalue weighted by Gasteiger charge is -2.29. The second-order valence-electron chi connectivity index (χ2n) is 9.82. The Morgan fingerprint density at radius 2 is 1.76 bits per heavy atom. The van der Waals surface area contributed by atoms with Crippen LogP contribution in [-0.2, 0) is 4.79 Å². The number of urea groups is 1. The molecular formula is C30H27ClFIN4O5. The Bertz CT molecular complexity index is 1580. The highest BCUT2D eigenvalue weighted by atomic mass is 127. The van der Waals surface area contributed by atoms with Crippen LogP contribution in [-0.4, -0.2) is 56.3 Å². The molecule has 0 radical (unpaired) electrons. The number of hydrogen-bond acceptors (Lipinski definition) is 6. The Morgan fingerprint density at radius 3 is 2.40 bits per heavy atom. The molecule has 1 saturated heterocycles. The zero-order valence-corrected chi connectivity index (χ0v) is 25.2. The van der Waals surface area contributed by atoms with Gasteiger partial charge in [-0.1, -0.05) is 61.0 Å². The van der Waals surface area contributed by atoms with Gasteiger partial charge in [-0.2, -0.15) is 0 Å². The Morgan fingerprint density at radius 1 is 1.07 bits per heavy atom. The van der Waals surface area contributed by atoms with E-state index in [1.807, 2.05) is 59.8 Å². The Labute approximate surface area is 259 Å². The molecule has 0 unspecified atom stereocenters. The number of aliphatic hydroxyl groups is 2. The second kappa shape index (κ2) is 12.8. The molecule has 0 aliphatic carbocycles. The lowest BCUT2D eigenvalue weighted by atomic mass is 9.91. The van der Waals surface area contributed by atoms with Crippen LogP contribution in [0.4, 0.5) is 9.18 Å². The molecule has 218 valence electrons. The molecule has 3 amide bonds. The summed E-state index contributed by atoms with van der Waals surface area (Å²) in [5.74, 6) is -0.797. The van der Waals surface area contributed by atoms with Gasteiger partial charge >= 0.3 is 6.03 Å². The molecule has 4 N–H and O–H groups in total. The normalized spacial score (nSPS) is 16.5. The molecule has 12 heteroatoms. The van der Waals surface area contributed by atoms with Crippen LogP contribution in [0.2, 0.25) is 5.15 Å². The quantitative estimate of drug-likeness (QED) is 0.130. The molecule has 0 spiro atoms. The SMILES string of the molecule is C[C@H](c1ccccc1)[C@@H](c1nc(-c2ccc(I)cc2F)c(Cl)[nH]1)N1C(=O)N[C@H](c2ccc(OC(CO)CO)cc2)C1=O. The number of ether oxygens (including phenoxy) is 1. The number of carbonyl (C=O) groups excluding carboxylic acids is 2. The van der Waals surface area contributed by atoms with Crippen molar-refractivity contribution in [2.24, 2.45) is 0 Å². The molecule has 4 aromatic rings. The molecule has 9 nitrogen and oxygen atoms in total. The summed E-state index contributed by atoms with van der Waals surface area (Å²) in [5, 5.41) is 21.4. The number of aromatic nitrogens is 2. The van der Waals surface area contributed by atoms with E-state index >= 15 is 0 Å². The van der Waals surface area contributed by atoms with Gasteiger partial charge in [0.2, 0.25) is 0 Å². The van der Waals surface area contributed by atoms with E-state index in [1.165, 1.54) is 6.07 Å². The van der Waals surface area contributed by atoms with E-state index < -0.39 is 41.9 Å². The Kier molecular flexibility index (Phi) is 9.11. The van der Waals surface area contributed by atoms with E-state index in [0.29, 0.717) is 14.9 Å². The van der Waals surface area contributed by atoms with Gasteiger partial charge < -0.3 is 25.3 Å². The van der Waals surface area contributed by atoms with Crippen LogP contribution >= 0.6 is 34.2 Å². The summed E-state index contributed by atoms with van der Waals surface area (Å²) in [4.78, 5) is 36.1. The minimum absolute atomic E-state index is 0.0821. The number of H-pyrrole nitrogens is 1. The molecule has 0 bridgehead atoms. The smallest absolute Gasteiger partial charge is 0.325 e. The number of carbonyl (C=O) groups is 2. The van der Waals surface area contributed by atoms with Crippen LogP contribution in [0.3, 0.4) is 0 Å². The van der Waals surface area contributed by atoms with Crippen LogP contribution in [0.5, 0.6) is 5.75 Å². The number of halogens is 3. The van der Waals surface area contributed by atoms with Crippen molar-refractivity contribution in [1.29, 1.82) is 0 Å². The fourth-order valence-corrected chi connectivity index (χ4v) is 5.63. The van der Waals surface area contributed by atoms with Crippen LogP contribution in [0.25, 0.3) is 11.3 Å². The van der Waals surface area contributed by atoms with Crippen LogP contribution in [0, 0.1) is 9.39 Å². The summed E-state index contributed by atoms with van der Waals surface area (Å²) in [5.41, 5.74) is 1.73. The van der Waals surface area contributed by atoms with Crippen molar-refractivity contribution in [3.8, 4) is 17.0 Å². The van der Waals surface area contributed by atoms with Crippen molar-refractivity contribution < 1.29 is 28.9 Å². The number of nitrogens with one attached hydrogen (secondary N) is 2. The van der Waals surface area contributed by atoms with Crippen LogP contribution in [0.15, 0.2) is 72.8 Å². The maximum atomic E-state index is 14.9. The number of hydrogen-bond donors (Lipinski definition) is 4. The van der Waals surface area contributed by atoms with Gasteiger partial charge in [0, 0.05) is 15.1 Å². The third kappa shape index (κ3) is 6.00. The van der Waals surface area contributed by atoms with Gasteiger partial charge in [-0.15, -0.1) is 0 Å². The van der Waals surface area contributed by atoms with Crippen molar-refractivity contribution in [2.75, 3.05) is 13.2 Å². The molecule has 3 atom stereocenters. The Hall–Kier alpha value is -3.52. The number of amides is 3. The number of rotatable bonds is 10. The first-order valence-electron chi connectivity index (χ1n) is 13.1. The molecule has 1 aliphatic heterocycles. The highest BCUT2D eigenvalue weighted by molar-refractivity contribution is 14.1. The van der Waals surface area contributed by atoms with E-state index in [-0.39, 0.29) is 35.4 Å². The molecule has 1 fully saturated rings. The van der Waals surface area contributed by atoms with Gasteiger partial charge in [-0.3, -0.25) is 9.69 Å². The maximum absolute atomic E-state index is 14.9. The first-order chi connectivity index (χ1) is 20.2. The predicted molar refractivity (Wildman–Crippen MR) is 162 cm³/mol. The monoisotopic (exact) mass is 704 g/mol.